The summed E-state index contributed by atoms with van der Waals surface area (Å²) in [6, 6.07) is 7.63. The van der Waals surface area contributed by atoms with Crippen LogP contribution in [0, 0.1) is 5.82 Å². The van der Waals surface area contributed by atoms with Crippen molar-refractivity contribution in [3.63, 3.8) is 0 Å². The standard InChI is InChI=1S/C17H11BrFN5O2/c1-23-8-9(7-20-23)15-5-14(17(25)26)21-16-6-13(22-24(15)16)11-3-2-10(18)4-12(11)19/h2-8H,1H3,(H,25,26). The van der Waals surface area contributed by atoms with Gasteiger partial charge >= 0.3 is 5.97 Å². The molecule has 0 bridgehead atoms. The molecule has 0 saturated heterocycles. The highest BCUT2D eigenvalue weighted by molar-refractivity contribution is 9.10. The molecule has 0 amide bonds. The Kier molecular flexibility index (Phi) is 3.80. The van der Waals surface area contributed by atoms with E-state index in [4.69, 9.17) is 0 Å². The van der Waals surface area contributed by atoms with Crippen molar-refractivity contribution in [1.29, 1.82) is 0 Å². The van der Waals surface area contributed by atoms with E-state index in [2.05, 4.69) is 31.1 Å². The third kappa shape index (κ3) is 2.76. The molecule has 0 radical (unpaired) electrons. The summed E-state index contributed by atoms with van der Waals surface area (Å²) in [7, 11) is 1.76. The highest BCUT2D eigenvalue weighted by Crippen LogP contribution is 2.28. The molecule has 130 valence electrons. The molecule has 1 N–H and O–H groups in total. The number of aromatic carboxylic acids is 1. The van der Waals surface area contributed by atoms with Crippen molar-refractivity contribution in [1.82, 2.24) is 24.4 Å². The lowest BCUT2D eigenvalue weighted by Gasteiger charge is -2.04. The zero-order valence-corrected chi connectivity index (χ0v) is 15.0. The Hall–Kier alpha value is -3.07. The van der Waals surface area contributed by atoms with Gasteiger partial charge in [-0.05, 0) is 24.3 Å². The van der Waals surface area contributed by atoms with Crippen molar-refractivity contribution in [3.8, 4) is 22.5 Å². The smallest absolute Gasteiger partial charge is 0.354 e. The normalized spacial score (nSPS) is 11.2. The second-order valence-corrected chi connectivity index (χ2v) is 6.57. The highest BCUT2D eigenvalue weighted by atomic mass is 79.9. The maximum absolute atomic E-state index is 14.3. The molecule has 0 spiro atoms. The Balaban J connectivity index is 1.98. The largest absolute Gasteiger partial charge is 0.477 e. The first-order valence-corrected chi connectivity index (χ1v) is 8.30. The summed E-state index contributed by atoms with van der Waals surface area (Å²) in [6.45, 7) is 0. The van der Waals surface area contributed by atoms with E-state index in [9.17, 15) is 14.3 Å². The minimum Gasteiger partial charge on any atom is -0.477 e. The summed E-state index contributed by atoms with van der Waals surface area (Å²) < 4.78 is 18.0. The van der Waals surface area contributed by atoms with Crippen molar-refractivity contribution in [2.45, 2.75) is 0 Å². The predicted molar refractivity (Wildman–Crippen MR) is 95.2 cm³/mol. The average molecular weight is 416 g/mol. The minimum absolute atomic E-state index is 0.126. The molecule has 4 aromatic rings. The van der Waals surface area contributed by atoms with Gasteiger partial charge in [-0.3, -0.25) is 4.68 Å². The van der Waals surface area contributed by atoms with Crippen molar-refractivity contribution < 1.29 is 14.3 Å². The zero-order valence-electron chi connectivity index (χ0n) is 13.4. The second-order valence-electron chi connectivity index (χ2n) is 5.66. The van der Waals surface area contributed by atoms with E-state index in [0.29, 0.717) is 32.6 Å². The number of carboxylic acid groups (broad SMARTS) is 1. The molecule has 26 heavy (non-hydrogen) atoms. The molecule has 3 heterocycles. The number of aryl methyl sites for hydroxylation is 1. The summed E-state index contributed by atoms with van der Waals surface area (Å²) in [5.41, 5.74) is 2.01. The molecule has 4 rings (SSSR count). The predicted octanol–water partition coefficient (Wildman–Crippen LogP) is 3.40. The number of fused-ring (bicyclic) bond motifs is 1. The van der Waals surface area contributed by atoms with Crippen LogP contribution >= 0.6 is 15.9 Å². The fourth-order valence-electron chi connectivity index (χ4n) is 2.67. The molecule has 0 atom stereocenters. The van der Waals surface area contributed by atoms with Crippen LogP contribution in [0.3, 0.4) is 0 Å². The van der Waals surface area contributed by atoms with Crippen LogP contribution in [0.2, 0.25) is 0 Å². The van der Waals surface area contributed by atoms with Gasteiger partial charge in [0, 0.05) is 34.9 Å². The van der Waals surface area contributed by atoms with Crippen molar-refractivity contribution >= 4 is 27.5 Å². The Labute approximate surface area is 154 Å². The van der Waals surface area contributed by atoms with Gasteiger partial charge in [0.25, 0.3) is 0 Å². The van der Waals surface area contributed by atoms with Crippen LogP contribution in [0.25, 0.3) is 28.2 Å². The van der Waals surface area contributed by atoms with Gasteiger partial charge in [0.05, 0.1) is 17.6 Å². The molecule has 0 saturated carbocycles. The lowest BCUT2D eigenvalue weighted by Crippen LogP contribution is -2.05. The maximum Gasteiger partial charge on any atom is 0.354 e. The zero-order chi connectivity index (χ0) is 18.4. The first kappa shape index (κ1) is 16.4. The first-order chi connectivity index (χ1) is 12.4. The molecule has 7 nitrogen and oxygen atoms in total. The number of aromatic nitrogens is 5. The second kappa shape index (κ2) is 6.03. The van der Waals surface area contributed by atoms with Crippen LogP contribution in [0.15, 0.2) is 47.2 Å². The quantitative estimate of drug-likeness (QED) is 0.554. The van der Waals surface area contributed by atoms with Gasteiger partial charge in [-0.2, -0.15) is 10.2 Å². The third-order valence-electron chi connectivity index (χ3n) is 3.85. The lowest BCUT2D eigenvalue weighted by molar-refractivity contribution is 0.0690. The van der Waals surface area contributed by atoms with Crippen molar-refractivity contribution in [2.75, 3.05) is 0 Å². The van der Waals surface area contributed by atoms with E-state index in [1.54, 1.807) is 42.3 Å². The molecular formula is C17H11BrFN5O2. The topological polar surface area (TPSA) is 85.3 Å². The van der Waals surface area contributed by atoms with Crippen LogP contribution in [-0.4, -0.2) is 35.5 Å². The van der Waals surface area contributed by atoms with Gasteiger partial charge in [0.15, 0.2) is 11.3 Å². The molecule has 0 unspecified atom stereocenters. The monoisotopic (exact) mass is 415 g/mol. The number of halogens is 2. The molecule has 1 aromatic carbocycles. The third-order valence-corrected chi connectivity index (χ3v) is 4.35. The van der Waals surface area contributed by atoms with Crippen molar-refractivity contribution in [3.05, 3.63) is 58.7 Å². The summed E-state index contributed by atoms with van der Waals surface area (Å²) in [6.07, 6.45) is 3.34. The number of rotatable bonds is 3. The van der Waals surface area contributed by atoms with E-state index >= 15 is 0 Å². The summed E-state index contributed by atoms with van der Waals surface area (Å²) in [5.74, 6) is -1.60. The van der Waals surface area contributed by atoms with Gasteiger partial charge in [-0.25, -0.2) is 18.7 Å². The Morgan fingerprint density at radius 2 is 2.08 bits per heavy atom. The molecule has 0 fully saturated rings. The Morgan fingerprint density at radius 3 is 2.73 bits per heavy atom. The van der Waals surface area contributed by atoms with Crippen LogP contribution in [-0.2, 0) is 7.05 Å². The number of hydrogen-bond donors (Lipinski definition) is 1. The van der Waals surface area contributed by atoms with Crippen LogP contribution in [0.4, 0.5) is 4.39 Å². The molecule has 3 aromatic heterocycles. The molecule has 0 aliphatic carbocycles. The van der Waals surface area contributed by atoms with Gasteiger partial charge < -0.3 is 5.11 Å². The number of nitrogens with zero attached hydrogens (tertiary/aromatic N) is 5. The van der Waals surface area contributed by atoms with Gasteiger partial charge in [0.1, 0.15) is 5.82 Å². The van der Waals surface area contributed by atoms with Crippen LogP contribution in [0.5, 0.6) is 0 Å². The van der Waals surface area contributed by atoms with Gasteiger partial charge in [-0.1, -0.05) is 15.9 Å². The molecule has 0 aliphatic heterocycles. The van der Waals surface area contributed by atoms with Gasteiger partial charge in [-0.15, -0.1) is 0 Å². The Bertz CT molecular complexity index is 1170. The lowest BCUT2D eigenvalue weighted by atomic mass is 10.1. The number of carboxylic acids is 1. The van der Waals surface area contributed by atoms with Gasteiger partial charge in [0.2, 0.25) is 0 Å². The molecule has 9 heteroatoms. The first-order valence-electron chi connectivity index (χ1n) is 7.51. The fourth-order valence-corrected chi connectivity index (χ4v) is 3.01. The summed E-state index contributed by atoms with van der Waals surface area (Å²) >= 11 is 3.22. The number of carbonyl (C=O) groups is 1. The van der Waals surface area contributed by atoms with E-state index < -0.39 is 11.8 Å². The Morgan fingerprint density at radius 1 is 1.27 bits per heavy atom. The van der Waals surface area contributed by atoms with E-state index in [1.165, 1.54) is 16.6 Å². The van der Waals surface area contributed by atoms with Crippen molar-refractivity contribution in [2.24, 2.45) is 7.05 Å². The molecule has 0 aliphatic rings. The van der Waals surface area contributed by atoms with E-state index in [0.717, 1.165) is 0 Å². The average Bonchev–Trinajstić information content (AvgIpc) is 3.19. The van der Waals surface area contributed by atoms with E-state index in [1.807, 2.05) is 0 Å². The highest BCUT2D eigenvalue weighted by Gasteiger charge is 2.17. The number of benzene rings is 1. The van der Waals surface area contributed by atoms with Crippen LogP contribution in [0.1, 0.15) is 10.5 Å². The van der Waals surface area contributed by atoms with E-state index in [-0.39, 0.29) is 5.69 Å². The minimum atomic E-state index is -1.16. The fraction of sp³-hybridized carbons (Fsp3) is 0.0588. The van der Waals surface area contributed by atoms with Crippen LogP contribution < -0.4 is 0 Å². The summed E-state index contributed by atoms with van der Waals surface area (Å²) in [5, 5.41) is 17.9. The summed E-state index contributed by atoms with van der Waals surface area (Å²) in [4.78, 5) is 15.5. The SMILES string of the molecule is Cn1cc(-c2cc(C(=O)O)nc3cc(-c4ccc(Br)cc4F)nn23)cn1. The maximum atomic E-state index is 14.3. The number of hydrogen-bond acceptors (Lipinski definition) is 4. The molecular weight excluding hydrogens is 405 g/mol.